The summed E-state index contributed by atoms with van der Waals surface area (Å²) in [5.41, 5.74) is 5.81. The summed E-state index contributed by atoms with van der Waals surface area (Å²) in [6.45, 7) is 7.36. The van der Waals surface area contributed by atoms with Gasteiger partial charge in [-0.05, 0) is 37.1 Å². The Labute approximate surface area is 103 Å². The molecule has 2 N–H and O–H groups in total. The summed E-state index contributed by atoms with van der Waals surface area (Å²) in [5.74, 6) is 2.68. The molecule has 1 saturated carbocycles. The third kappa shape index (κ3) is 3.85. The fourth-order valence-electron chi connectivity index (χ4n) is 2.50. The minimum atomic E-state index is -0.667. The summed E-state index contributed by atoms with van der Waals surface area (Å²) in [6, 6.07) is 0. The van der Waals surface area contributed by atoms with Crippen LogP contribution in [-0.2, 0) is 10.8 Å². The summed E-state index contributed by atoms with van der Waals surface area (Å²) < 4.78 is 12.3. The first-order valence-electron chi connectivity index (χ1n) is 6.65. The maximum absolute atomic E-state index is 12.3. The minimum Gasteiger partial charge on any atom is -0.330 e. The molecule has 0 bridgehead atoms. The van der Waals surface area contributed by atoms with E-state index in [1.165, 1.54) is 12.8 Å². The standard InChI is InChI=1S/C13H27NOS/c1-4-10(2)9-16(15)13-7-11(3)5-6-12(13)8-14/h10-13H,4-9,14H2,1-3H3. The summed E-state index contributed by atoms with van der Waals surface area (Å²) in [4.78, 5) is 0. The molecule has 0 aliphatic heterocycles. The first-order chi connectivity index (χ1) is 7.58. The van der Waals surface area contributed by atoms with Crippen molar-refractivity contribution in [3.05, 3.63) is 0 Å². The Morgan fingerprint density at radius 2 is 2.12 bits per heavy atom. The van der Waals surface area contributed by atoms with Gasteiger partial charge in [0.2, 0.25) is 0 Å². The first-order valence-corrected chi connectivity index (χ1v) is 8.03. The molecule has 1 fully saturated rings. The fraction of sp³-hybridized carbons (Fsp3) is 1.00. The third-order valence-electron chi connectivity index (χ3n) is 3.98. The van der Waals surface area contributed by atoms with Crippen LogP contribution in [-0.4, -0.2) is 21.8 Å². The number of rotatable bonds is 5. The molecule has 2 nitrogen and oxygen atoms in total. The van der Waals surface area contributed by atoms with Crippen LogP contribution in [0.25, 0.3) is 0 Å². The van der Waals surface area contributed by atoms with Crippen LogP contribution in [0.3, 0.4) is 0 Å². The van der Waals surface area contributed by atoms with Gasteiger partial charge in [0.05, 0.1) is 0 Å². The van der Waals surface area contributed by atoms with Crippen LogP contribution in [0, 0.1) is 17.8 Å². The summed E-state index contributed by atoms with van der Waals surface area (Å²) >= 11 is 0. The molecular formula is C13H27NOS. The Balaban J connectivity index is 2.56. The highest BCUT2D eigenvalue weighted by Gasteiger charge is 2.32. The average Bonchev–Trinajstić information content (AvgIpc) is 2.28. The summed E-state index contributed by atoms with van der Waals surface area (Å²) in [7, 11) is -0.667. The Morgan fingerprint density at radius 3 is 2.69 bits per heavy atom. The maximum atomic E-state index is 12.3. The topological polar surface area (TPSA) is 43.1 Å². The predicted octanol–water partition coefficient (Wildman–Crippen LogP) is 2.54. The zero-order valence-electron chi connectivity index (χ0n) is 10.9. The lowest BCUT2D eigenvalue weighted by Gasteiger charge is -2.34. The van der Waals surface area contributed by atoms with E-state index >= 15 is 0 Å². The Hall–Kier alpha value is 0.110. The second-order valence-corrected chi connectivity index (χ2v) is 7.21. The van der Waals surface area contributed by atoms with E-state index in [9.17, 15) is 4.21 Å². The van der Waals surface area contributed by atoms with Gasteiger partial charge < -0.3 is 5.73 Å². The van der Waals surface area contributed by atoms with Crippen LogP contribution in [0.15, 0.2) is 0 Å². The molecule has 0 heterocycles. The van der Waals surface area contributed by atoms with Gasteiger partial charge in [-0.1, -0.05) is 33.6 Å². The van der Waals surface area contributed by atoms with Gasteiger partial charge in [-0.15, -0.1) is 0 Å². The molecule has 1 rings (SSSR count). The van der Waals surface area contributed by atoms with Crippen molar-refractivity contribution in [2.75, 3.05) is 12.3 Å². The van der Waals surface area contributed by atoms with Gasteiger partial charge >= 0.3 is 0 Å². The van der Waals surface area contributed by atoms with Crippen molar-refractivity contribution < 1.29 is 4.21 Å². The van der Waals surface area contributed by atoms with Crippen molar-refractivity contribution in [2.45, 2.75) is 51.7 Å². The zero-order valence-corrected chi connectivity index (χ0v) is 11.8. The van der Waals surface area contributed by atoms with Gasteiger partial charge in [-0.25, -0.2) is 0 Å². The molecule has 5 atom stereocenters. The molecule has 0 amide bonds. The molecule has 16 heavy (non-hydrogen) atoms. The van der Waals surface area contributed by atoms with Crippen molar-refractivity contribution >= 4 is 10.8 Å². The van der Waals surface area contributed by atoms with E-state index in [0.717, 1.165) is 24.5 Å². The smallest absolute Gasteiger partial charge is 0.0390 e. The molecule has 96 valence electrons. The second kappa shape index (κ2) is 6.75. The van der Waals surface area contributed by atoms with Gasteiger partial charge in [0, 0.05) is 21.8 Å². The number of hydrogen-bond donors (Lipinski definition) is 1. The lowest BCUT2D eigenvalue weighted by atomic mass is 9.82. The highest BCUT2D eigenvalue weighted by molar-refractivity contribution is 7.85. The lowest BCUT2D eigenvalue weighted by molar-refractivity contribution is 0.301. The van der Waals surface area contributed by atoms with Crippen molar-refractivity contribution in [3.8, 4) is 0 Å². The quantitative estimate of drug-likeness (QED) is 0.809. The number of hydrogen-bond acceptors (Lipinski definition) is 2. The molecule has 3 heteroatoms. The Bertz CT molecular complexity index is 232. The average molecular weight is 245 g/mol. The van der Waals surface area contributed by atoms with Crippen molar-refractivity contribution in [1.29, 1.82) is 0 Å². The highest BCUT2D eigenvalue weighted by Crippen LogP contribution is 2.32. The second-order valence-electron chi connectivity index (χ2n) is 5.51. The highest BCUT2D eigenvalue weighted by atomic mass is 32.2. The predicted molar refractivity (Wildman–Crippen MR) is 71.8 cm³/mol. The van der Waals surface area contributed by atoms with Crippen molar-refractivity contribution in [2.24, 2.45) is 23.5 Å². The number of nitrogens with two attached hydrogens (primary N) is 1. The van der Waals surface area contributed by atoms with Crippen LogP contribution in [0.1, 0.15) is 46.5 Å². The normalized spacial score (nSPS) is 34.6. The fourth-order valence-corrected chi connectivity index (χ4v) is 4.77. The van der Waals surface area contributed by atoms with Crippen LogP contribution in [0.5, 0.6) is 0 Å². The van der Waals surface area contributed by atoms with E-state index < -0.39 is 10.8 Å². The van der Waals surface area contributed by atoms with E-state index in [0.29, 0.717) is 23.6 Å². The van der Waals surface area contributed by atoms with Crippen molar-refractivity contribution in [1.82, 2.24) is 0 Å². The monoisotopic (exact) mass is 245 g/mol. The Kier molecular flexibility index (Phi) is 5.98. The molecule has 1 aliphatic carbocycles. The zero-order chi connectivity index (χ0) is 12.1. The molecule has 0 radical (unpaired) electrons. The van der Waals surface area contributed by atoms with Gasteiger partial charge in [-0.3, -0.25) is 4.21 Å². The maximum Gasteiger partial charge on any atom is 0.0390 e. The van der Waals surface area contributed by atoms with Crippen LogP contribution in [0.2, 0.25) is 0 Å². The van der Waals surface area contributed by atoms with Crippen LogP contribution >= 0.6 is 0 Å². The first kappa shape index (κ1) is 14.2. The molecule has 0 aromatic carbocycles. The molecule has 1 aliphatic rings. The summed E-state index contributed by atoms with van der Waals surface area (Å²) in [6.07, 6.45) is 4.68. The SMILES string of the molecule is CCC(C)CS(=O)C1CC(C)CCC1CN. The Morgan fingerprint density at radius 1 is 1.44 bits per heavy atom. The van der Waals surface area contributed by atoms with E-state index in [1.54, 1.807) is 0 Å². The van der Waals surface area contributed by atoms with Crippen LogP contribution in [0.4, 0.5) is 0 Å². The molecular weight excluding hydrogens is 218 g/mol. The van der Waals surface area contributed by atoms with Gasteiger partial charge in [0.25, 0.3) is 0 Å². The molecule has 5 unspecified atom stereocenters. The molecule has 0 aromatic heterocycles. The third-order valence-corrected chi connectivity index (χ3v) is 6.13. The summed E-state index contributed by atoms with van der Waals surface area (Å²) in [5, 5.41) is 0.364. The van der Waals surface area contributed by atoms with E-state index in [2.05, 4.69) is 20.8 Å². The van der Waals surface area contributed by atoms with Gasteiger partial charge in [0.15, 0.2) is 0 Å². The minimum absolute atomic E-state index is 0.364. The molecule has 0 saturated heterocycles. The molecule has 0 spiro atoms. The van der Waals surface area contributed by atoms with Crippen LogP contribution < -0.4 is 5.73 Å². The van der Waals surface area contributed by atoms with E-state index in [4.69, 9.17) is 5.73 Å². The largest absolute Gasteiger partial charge is 0.330 e. The van der Waals surface area contributed by atoms with Gasteiger partial charge in [-0.2, -0.15) is 0 Å². The van der Waals surface area contributed by atoms with E-state index in [1.807, 2.05) is 0 Å². The van der Waals surface area contributed by atoms with E-state index in [-0.39, 0.29) is 0 Å². The van der Waals surface area contributed by atoms with Gasteiger partial charge in [0.1, 0.15) is 0 Å². The molecule has 0 aromatic rings. The lowest BCUT2D eigenvalue weighted by Crippen LogP contribution is -2.38. The van der Waals surface area contributed by atoms with Crippen molar-refractivity contribution in [3.63, 3.8) is 0 Å².